The lowest BCUT2D eigenvalue weighted by Gasteiger charge is -2.13. The van der Waals surface area contributed by atoms with Crippen molar-refractivity contribution in [2.24, 2.45) is 0 Å². The molecule has 0 atom stereocenters. The number of nitriles is 1. The number of ether oxygens (including phenoxy) is 4. The van der Waals surface area contributed by atoms with Crippen LogP contribution in [0.3, 0.4) is 0 Å². The molecule has 0 saturated carbocycles. The van der Waals surface area contributed by atoms with Crippen LogP contribution >= 0.6 is 11.3 Å². The van der Waals surface area contributed by atoms with Crippen LogP contribution in [0.15, 0.2) is 16.9 Å². The number of rotatable bonds is 11. The van der Waals surface area contributed by atoms with Crippen LogP contribution in [-0.4, -0.2) is 52.1 Å². The van der Waals surface area contributed by atoms with Gasteiger partial charge in [0.05, 0.1) is 39.0 Å². The third kappa shape index (κ3) is 5.94. The maximum Gasteiger partial charge on any atom is 0.269 e. The van der Waals surface area contributed by atoms with E-state index in [0.717, 1.165) is 24.2 Å². The van der Waals surface area contributed by atoms with E-state index in [1.807, 2.05) is 13.0 Å². The van der Waals surface area contributed by atoms with Gasteiger partial charge in [-0.25, -0.2) is 0 Å². The van der Waals surface area contributed by atoms with Gasteiger partial charge in [-0.05, 0) is 24.6 Å². The van der Waals surface area contributed by atoms with E-state index in [-0.39, 0.29) is 28.9 Å². The van der Waals surface area contributed by atoms with Crippen molar-refractivity contribution < 1.29 is 23.7 Å². The molecule has 2 rings (SSSR count). The molecule has 0 fully saturated rings. The molecule has 0 saturated heterocycles. The van der Waals surface area contributed by atoms with Crippen molar-refractivity contribution in [3.63, 3.8) is 0 Å². The SMILES string of the molecule is CCCCNC(=O)/C(C#N)=c1\s/c(=C\c2ccc(OC)c(OC)c2OC)c(=O)n1CCOC. The van der Waals surface area contributed by atoms with E-state index in [2.05, 4.69) is 5.32 Å². The van der Waals surface area contributed by atoms with Crippen molar-refractivity contribution in [3.8, 4) is 23.3 Å². The van der Waals surface area contributed by atoms with Crippen molar-refractivity contribution in [2.75, 3.05) is 41.6 Å². The third-order valence-corrected chi connectivity index (χ3v) is 5.95. The monoisotopic (exact) mass is 475 g/mol. The fourth-order valence-corrected chi connectivity index (χ4v) is 4.25. The molecule has 9 nitrogen and oxygen atoms in total. The van der Waals surface area contributed by atoms with Gasteiger partial charge < -0.3 is 24.3 Å². The Labute approximate surface area is 196 Å². The molecule has 2 aromatic rings. The van der Waals surface area contributed by atoms with E-state index in [9.17, 15) is 14.9 Å². The highest BCUT2D eigenvalue weighted by Gasteiger charge is 2.18. The minimum absolute atomic E-state index is 0.108. The van der Waals surface area contributed by atoms with E-state index in [1.54, 1.807) is 18.2 Å². The maximum absolute atomic E-state index is 13.2. The molecule has 0 aliphatic heterocycles. The summed E-state index contributed by atoms with van der Waals surface area (Å²) in [6.07, 6.45) is 3.35. The fourth-order valence-electron chi connectivity index (χ4n) is 3.13. The molecule has 0 radical (unpaired) electrons. The molecule has 0 aliphatic rings. The molecule has 1 heterocycles. The predicted octanol–water partition coefficient (Wildman–Crippen LogP) is 1.00. The summed E-state index contributed by atoms with van der Waals surface area (Å²) in [5.41, 5.74) is 0.145. The number of hydrogen-bond donors (Lipinski definition) is 1. The summed E-state index contributed by atoms with van der Waals surface area (Å²) >= 11 is 1.07. The molecule has 1 aromatic carbocycles. The molecule has 1 N–H and O–H groups in total. The first-order valence-electron chi connectivity index (χ1n) is 10.4. The topological polar surface area (TPSA) is 112 Å². The van der Waals surface area contributed by atoms with Crippen LogP contribution in [0.4, 0.5) is 0 Å². The van der Waals surface area contributed by atoms with Gasteiger partial charge in [0.1, 0.15) is 10.7 Å². The van der Waals surface area contributed by atoms with E-state index < -0.39 is 5.91 Å². The summed E-state index contributed by atoms with van der Waals surface area (Å²) in [5.74, 6) is 0.773. The van der Waals surface area contributed by atoms with Crippen molar-refractivity contribution in [2.45, 2.75) is 26.3 Å². The lowest BCUT2D eigenvalue weighted by molar-refractivity contribution is -0.115. The quantitative estimate of drug-likeness (QED) is 0.483. The number of carbonyl (C=O) groups is 1. The lowest BCUT2D eigenvalue weighted by Crippen LogP contribution is -2.36. The molecule has 178 valence electrons. The molecule has 0 bridgehead atoms. The number of amides is 1. The lowest BCUT2D eigenvalue weighted by atomic mass is 10.1. The van der Waals surface area contributed by atoms with E-state index in [4.69, 9.17) is 18.9 Å². The van der Waals surface area contributed by atoms with Crippen molar-refractivity contribution in [3.05, 3.63) is 37.2 Å². The Kier molecular flexibility index (Phi) is 9.97. The van der Waals surface area contributed by atoms with Crippen molar-refractivity contribution in [1.82, 2.24) is 9.88 Å². The number of unbranched alkanes of at least 4 members (excludes halogenated alkanes) is 1. The first-order chi connectivity index (χ1) is 16.0. The van der Waals surface area contributed by atoms with Crippen LogP contribution in [0.25, 0.3) is 11.6 Å². The molecule has 10 heteroatoms. The molecule has 0 unspecified atom stereocenters. The summed E-state index contributed by atoms with van der Waals surface area (Å²) in [6, 6.07) is 5.41. The number of aromatic nitrogens is 1. The van der Waals surface area contributed by atoms with E-state index >= 15 is 0 Å². The highest BCUT2D eigenvalue weighted by Crippen LogP contribution is 2.39. The number of nitrogens with one attached hydrogen (secondary N) is 1. The standard InChI is InChI=1S/C23H29N3O6S/c1-6-7-10-25-21(27)16(14-24)23-26(11-12-29-2)22(28)18(33-23)13-15-8-9-17(30-3)20(32-5)19(15)31-4/h8-9,13H,6-7,10-12H2,1-5H3,(H,25,27)/b18-13-,23-16-. The van der Waals surface area contributed by atoms with Gasteiger partial charge in [-0.15, -0.1) is 11.3 Å². The van der Waals surface area contributed by atoms with Gasteiger partial charge in [-0.2, -0.15) is 5.26 Å². The molecule has 0 aliphatic carbocycles. The normalized spacial score (nSPS) is 12.2. The minimum Gasteiger partial charge on any atom is -0.493 e. The molecular weight excluding hydrogens is 446 g/mol. The zero-order valence-corrected chi connectivity index (χ0v) is 20.3. The Balaban J connectivity index is 2.76. The maximum atomic E-state index is 13.2. The molecule has 1 amide bonds. The van der Waals surface area contributed by atoms with Gasteiger partial charge in [0.25, 0.3) is 11.5 Å². The number of hydrogen-bond acceptors (Lipinski definition) is 8. The van der Waals surface area contributed by atoms with Gasteiger partial charge in [0.2, 0.25) is 5.75 Å². The van der Waals surface area contributed by atoms with Crippen LogP contribution in [0.5, 0.6) is 17.2 Å². The Morgan fingerprint density at radius 2 is 1.91 bits per heavy atom. The average molecular weight is 476 g/mol. The smallest absolute Gasteiger partial charge is 0.269 e. The number of benzene rings is 1. The van der Waals surface area contributed by atoms with Crippen LogP contribution < -0.4 is 34.3 Å². The second kappa shape index (κ2) is 12.7. The second-order valence-electron chi connectivity index (χ2n) is 6.89. The summed E-state index contributed by atoms with van der Waals surface area (Å²) in [6.45, 7) is 2.91. The van der Waals surface area contributed by atoms with Crippen LogP contribution in [0.2, 0.25) is 0 Å². The zero-order valence-electron chi connectivity index (χ0n) is 19.5. The highest BCUT2D eigenvalue weighted by atomic mass is 32.1. The van der Waals surface area contributed by atoms with E-state index in [1.165, 1.54) is 33.0 Å². The molecule has 1 aromatic heterocycles. The number of carbonyl (C=O) groups excluding carboxylic acids is 1. The summed E-state index contributed by atoms with van der Waals surface area (Å²) in [4.78, 5) is 25.9. The Morgan fingerprint density at radius 1 is 1.18 bits per heavy atom. The summed E-state index contributed by atoms with van der Waals surface area (Å²) < 4.78 is 23.4. The fraction of sp³-hybridized carbons (Fsp3) is 0.435. The van der Waals surface area contributed by atoms with Crippen molar-refractivity contribution in [1.29, 1.82) is 5.26 Å². The van der Waals surface area contributed by atoms with Gasteiger partial charge in [0, 0.05) is 19.2 Å². The third-order valence-electron chi connectivity index (χ3n) is 4.82. The van der Waals surface area contributed by atoms with E-state index in [0.29, 0.717) is 33.9 Å². The highest BCUT2D eigenvalue weighted by molar-refractivity contribution is 7.07. The largest absolute Gasteiger partial charge is 0.493 e. The minimum atomic E-state index is -0.506. The van der Waals surface area contributed by atoms with Crippen molar-refractivity contribution >= 4 is 28.9 Å². The number of nitrogens with zero attached hydrogens (tertiary/aromatic N) is 2. The average Bonchev–Trinajstić information content (AvgIpc) is 3.12. The van der Waals surface area contributed by atoms with Gasteiger partial charge >= 0.3 is 0 Å². The first kappa shape index (κ1) is 26.0. The first-order valence-corrected chi connectivity index (χ1v) is 11.2. The second-order valence-corrected chi connectivity index (χ2v) is 7.92. The Hall–Kier alpha value is -3.29. The summed E-state index contributed by atoms with van der Waals surface area (Å²) in [7, 11) is 6.03. The summed E-state index contributed by atoms with van der Waals surface area (Å²) in [5, 5.41) is 12.4. The van der Waals surface area contributed by atoms with Crippen LogP contribution in [-0.2, 0) is 16.1 Å². The molecular formula is C23H29N3O6S. The predicted molar refractivity (Wildman–Crippen MR) is 126 cm³/mol. The van der Waals surface area contributed by atoms with Gasteiger partial charge in [-0.3, -0.25) is 14.2 Å². The van der Waals surface area contributed by atoms with Crippen LogP contribution in [0.1, 0.15) is 25.3 Å². The number of thiazole rings is 1. The Morgan fingerprint density at radius 3 is 2.48 bits per heavy atom. The zero-order chi connectivity index (χ0) is 24.4. The Bertz CT molecular complexity index is 1190. The van der Waals surface area contributed by atoms with Gasteiger partial charge in [0.15, 0.2) is 17.1 Å². The molecule has 0 spiro atoms. The number of methoxy groups -OCH3 is 4. The van der Waals surface area contributed by atoms with Crippen LogP contribution in [0, 0.1) is 11.3 Å². The van der Waals surface area contributed by atoms with Gasteiger partial charge in [-0.1, -0.05) is 13.3 Å². The molecule has 33 heavy (non-hydrogen) atoms.